The highest BCUT2D eigenvalue weighted by atomic mass is 79.9. The van der Waals surface area contributed by atoms with E-state index in [0.29, 0.717) is 13.0 Å². The van der Waals surface area contributed by atoms with Gasteiger partial charge in [-0.15, -0.1) is 0 Å². The molecular formula is C18H20BrN3O2. The minimum Gasteiger partial charge on any atom is -0.299 e. The smallest absolute Gasteiger partial charge is 0.228 e. The van der Waals surface area contributed by atoms with Crippen molar-refractivity contribution in [3.63, 3.8) is 0 Å². The van der Waals surface area contributed by atoms with Gasteiger partial charge in [-0.05, 0) is 31.0 Å². The summed E-state index contributed by atoms with van der Waals surface area (Å²) in [5.74, 6) is 0.941. The zero-order valence-corrected chi connectivity index (χ0v) is 15.3. The molecule has 2 aromatic rings. The molecule has 0 fully saturated rings. The maximum absolute atomic E-state index is 12.5. The Labute approximate surface area is 149 Å². The van der Waals surface area contributed by atoms with Crippen LogP contribution in [-0.4, -0.2) is 28.0 Å². The van der Waals surface area contributed by atoms with Crippen LogP contribution in [0.25, 0.3) is 0 Å². The topological polar surface area (TPSA) is 55.2 Å². The van der Waals surface area contributed by atoms with Gasteiger partial charge in [0.25, 0.3) is 0 Å². The van der Waals surface area contributed by atoms with Crippen LogP contribution >= 0.6 is 15.9 Å². The van der Waals surface area contributed by atoms with E-state index >= 15 is 0 Å². The Balaban J connectivity index is 1.56. The van der Waals surface area contributed by atoms with E-state index in [4.69, 9.17) is 0 Å². The van der Waals surface area contributed by atoms with Crippen molar-refractivity contribution in [3.05, 3.63) is 46.1 Å². The lowest BCUT2D eigenvalue weighted by molar-refractivity contribution is -0.123. The molecule has 6 heteroatoms. The molecule has 0 atom stereocenters. The van der Waals surface area contributed by atoms with Crippen LogP contribution in [0.1, 0.15) is 30.5 Å². The predicted octanol–water partition coefficient (Wildman–Crippen LogP) is 3.28. The standard InChI is InChI=1S/C18H20BrN3O2/c1-13-11-17-21(9-2-10-22(17)20-13)18(24)8-7-16(23)12-14-3-5-15(19)6-4-14/h3-6,11H,2,7-10,12H2,1H3. The number of aromatic nitrogens is 2. The summed E-state index contributed by atoms with van der Waals surface area (Å²) in [5.41, 5.74) is 1.89. The van der Waals surface area contributed by atoms with Gasteiger partial charge in [-0.3, -0.25) is 14.5 Å². The van der Waals surface area contributed by atoms with Crippen molar-refractivity contribution in [3.8, 4) is 0 Å². The molecule has 0 saturated heterocycles. The van der Waals surface area contributed by atoms with Gasteiger partial charge in [0.05, 0.1) is 5.69 Å². The fourth-order valence-corrected chi connectivity index (χ4v) is 3.22. The summed E-state index contributed by atoms with van der Waals surface area (Å²) >= 11 is 3.38. The van der Waals surface area contributed by atoms with Crippen molar-refractivity contribution < 1.29 is 9.59 Å². The van der Waals surface area contributed by atoms with Crippen LogP contribution in [0.2, 0.25) is 0 Å². The third kappa shape index (κ3) is 3.93. The molecule has 0 aliphatic carbocycles. The van der Waals surface area contributed by atoms with Gasteiger partial charge < -0.3 is 0 Å². The minimum absolute atomic E-state index is 0.00000567. The summed E-state index contributed by atoms with van der Waals surface area (Å²) in [7, 11) is 0. The number of fused-ring (bicyclic) bond motifs is 1. The first-order chi connectivity index (χ1) is 11.5. The lowest BCUT2D eigenvalue weighted by Crippen LogP contribution is -2.37. The first-order valence-corrected chi connectivity index (χ1v) is 8.93. The van der Waals surface area contributed by atoms with E-state index in [2.05, 4.69) is 21.0 Å². The number of ketones is 1. The molecule has 1 aliphatic rings. The van der Waals surface area contributed by atoms with Gasteiger partial charge in [0.1, 0.15) is 11.6 Å². The van der Waals surface area contributed by atoms with Crippen molar-refractivity contribution in [2.45, 2.75) is 39.2 Å². The molecule has 24 heavy (non-hydrogen) atoms. The Morgan fingerprint density at radius 2 is 1.92 bits per heavy atom. The average Bonchev–Trinajstić information content (AvgIpc) is 2.94. The average molecular weight is 390 g/mol. The zero-order valence-electron chi connectivity index (χ0n) is 13.7. The summed E-state index contributed by atoms with van der Waals surface area (Å²) < 4.78 is 2.87. The number of halogens is 1. The Morgan fingerprint density at radius 1 is 1.17 bits per heavy atom. The molecule has 126 valence electrons. The molecule has 1 aromatic carbocycles. The minimum atomic E-state index is 0.00000567. The molecule has 1 amide bonds. The summed E-state index contributed by atoms with van der Waals surface area (Å²) in [6, 6.07) is 9.63. The Bertz CT molecular complexity index is 752. The highest BCUT2D eigenvalue weighted by Crippen LogP contribution is 2.22. The Kier molecular flexibility index (Phi) is 5.14. The van der Waals surface area contributed by atoms with Crippen molar-refractivity contribution in [1.82, 2.24) is 9.78 Å². The van der Waals surface area contributed by atoms with Gasteiger partial charge in [-0.1, -0.05) is 28.1 Å². The largest absolute Gasteiger partial charge is 0.299 e. The van der Waals surface area contributed by atoms with Crippen LogP contribution in [0.5, 0.6) is 0 Å². The second-order valence-corrected chi connectivity index (χ2v) is 7.02. The molecule has 2 heterocycles. The number of anilines is 1. The number of Topliss-reactive ketones (excluding diaryl/α,β-unsaturated/α-hetero) is 1. The van der Waals surface area contributed by atoms with Crippen LogP contribution in [0.3, 0.4) is 0 Å². The highest BCUT2D eigenvalue weighted by Gasteiger charge is 2.24. The van der Waals surface area contributed by atoms with Crippen molar-refractivity contribution in [1.29, 1.82) is 0 Å². The number of hydrogen-bond acceptors (Lipinski definition) is 3. The molecule has 1 aromatic heterocycles. The monoisotopic (exact) mass is 389 g/mol. The van der Waals surface area contributed by atoms with Crippen LogP contribution in [0, 0.1) is 6.92 Å². The van der Waals surface area contributed by atoms with Crippen LogP contribution < -0.4 is 4.90 Å². The third-order valence-corrected chi connectivity index (χ3v) is 4.67. The molecule has 1 aliphatic heterocycles. The molecule has 0 N–H and O–H groups in total. The molecule has 0 bridgehead atoms. The zero-order chi connectivity index (χ0) is 17.1. The summed E-state index contributed by atoms with van der Waals surface area (Å²) in [4.78, 5) is 26.4. The van der Waals surface area contributed by atoms with Crippen LogP contribution in [-0.2, 0) is 22.6 Å². The van der Waals surface area contributed by atoms with Gasteiger partial charge >= 0.3 is 0 Å². The molecule has 0 saturated carbocycles. The number of hydrogen-bond donors (Lipinski definition) is 0. The first-order valence-electron chi connectivity index (χ1n) is 8.14. The van der Waals surface area contributed by atoms with Crippen molar-refractivity contribution in [2.24, 2.45) is 0 Å². The summed E-state index contributed by atoms with van der Waals surface area (Å²) in [5, 5.41) is 4.39. The maximum atomic E-state index is 12.5. The van der Waals surface area contributed by atoms with E-state index in [1.807, 2.05) is 41.9 Å². The van der Waals surface area contributed by atoms with Gasteiger partial charge in [0.2, 0.25) is 5.91 Å². The quantitative estimate of drug-likeness (QED) is 0.788. The Hall–Kier alpha value is -1.95. The van der Waals surface area contributed by atoms with E-state index in [9.17, 15) is 9.59 Å². The van der Waals surface area contributed by atoms with Gasteiger partial charge in [-0.2, -0.15) is 5.10 Å². The van der Waals surface area contributed by atoms with Crippen molar-refractivity contribution in [2.75, 3.05) is 11.4 Å². The fourth-order valence-electron chi connectivity index (χ4n) is 2.96. The van der Waals surface area contributed by atoms with E-state index in [0.717, 1.165) is 34.5 Å². The highest BCUT2D eigenvalue weighted by molar-refractivity contribution is 9.10. The number of amides is 1. The molecule has 0 spiro atoms. The summed E-state index contributed by atoms with van der Waals surface area (Å²) in [6.45, 7) is 3.47. The van der Waals surface area contributed by atoms with Crippen molar-refractivity contribution >= 4 is 33.4 Å². The van der Waals surface area contributed by atoms with E-state index < -0.39 is 0 Å². The van der Waals surface area contributed by atoms with E-state index in [1.54, 1.807) is 4.90 Å². The lowest BCUT2D eigenvalue weighted by Gasteiger charge is -2.27. The normalized spacial score (nSPS) is 13.7. The number of nitrogens with zero attached hydrogens (tertiary/aromatic N) is 3. The maximum Gasteiger partial charge on any atom is 0.228 e. The molecule has 5 nitrogen and oxygen atoms in total. The molecule has 0 unspecified atom stereocenters. The summed E-state index contributed by atoms with van der Waals surface area (Å²) in [6.07, 6.45) is 1.79. The second kappa shape index (κ2) is 7.30. The lowest BCUT2D eigenvalue weighted by atomic mass is 10.1. The van der Waals surface area contributed by atoms with Gasteiger partial charge in [0.15, 0.2) is 0 Å². The third-order valence-electron chi connectivity index (χ3n) is 4.14. The molecular weight excluding hydrogens is 370 g/mol. The first kappa shape index (κ1) is 16.9. The molecule has 3 rings (SSSR count). The van der Waals surface area contributed by atoms with E-state index in [-0.39, 0.29) is 24.5 Å². The van der Waals surface area contributed by atoms with Gasteiger partial charge in [-0.25, -0.2) is 4.68 Å². The predicted molar refractivity (Wildman–Crippen MR) is 96.0 cm³/mol. The number of benzene rings is 1. The second-order valence-electron chi connectivity index (χ2n) is 6.11. The van der Waals surface area contributed by atoms with Crippen LogP contribution in [0.15, 0.2) is 34.8 Å². The molecule has 0 radical (unpaired) electrons. The number of carbonyl (C=O) groups is 2. The fraction of sp³-hybridized carbons (Fsp3) is 0.389. The number of carbonyl (C=O) groups excluding carboxylic acids is 2. The SMILES string of the molecule is Cc1cc2n(n1)CCCN2C(=O)CCC(=O)Cc1ccc(Br)cc1. The number of rotatable bonds is 5. The van der Waals surface area contributed by atoms with Gasteiger partial charge in [0, 0.05) is 42.9 Å². The Morgan fingerprint density at radius 3 is 2.67 bits per heavy atom. The van der Waals surface area contributed by atoms with Crippen LogP contribution in [0.4, 0.5) is 5.82 Å². The van der Waals surface area contributed by atoms with E-state index in [1.165, 1.54) is 0 Å². The number of aryl methyl sites for hydroxylation is 2.